The van der Waals surface area contributed by atoms with Crippen molar-refractivity contribution in [3.8, 4) is 0 Å². The minimum atomic E-state index is -0.434. The van der Waals surface area contributed by atoms with Crippen molar-refractivity contribution in [3.63, 3.8) is 0 Å². The molecule has 3 heteroatoms. The van der Waals surface area contributed by atoms with E-state index in [1.54, 1.807) is 6.92 Å². The number of halogens is 1. The van der Waals surface area contributed by atoms with Gasteiger partial charge in [0.2, 0.25) is 0 Å². The number of benzene rings is 1. The fourth-order valence-corrected chi connectivity index (χ4v) is 1.33. The Hall–Kier alpha value is -1.38. The Labute approximate surface area is 88.5 Å². The molecule has 0 bridgehead atoms. The van der Waals surface area contributed by atoms with Gasteiger partial charge in [-0.2, -0.15) is 0 Å². The van der Waals surface area contributed by atoms with E-state index in [1.165, 1.54) is 12.1 Å². The summed E-state index contributed by atoms with van der Waals surface area (Å²) in [5, 5.41) is 2.78. The van der Waals surface area contributed by atoms with E-state index in [0.717, 1.165) is 12.8 Å². The van der Waals surface area contributed by atoms with Gasteiger partial charge in [0.1, 0.15) is 5.82 Å². The topological polar surface area (TPSA) is 29.1 Å². The van der Waals surface area contributed by atoms with Crippen LogP contribution in [0.2, 0.25) is 0 Å². The van der Waals surface area contributed by atoms with Crippen molar-refractivity contribution in [3.05, 3.63) is 41.6 Å². The van der Waals surface area contributed by atoms with Crippen LogP contribution in [0.4, 0.5) is 4.39 Å². The van der Waals surface area contributed by atoms with Gasteiger partial charge >= 0.3 is 0 Å². The molecule has 1 aromatic carbocycles. The molecule has 0 saturated heterocycles. The van der Waals surface area contributed by atoms with Crippen LogP contribution < -0.4 is 5.32 Å². The minimum Gasteiger partial charge on any atom is -0.349 e. The summed E-state index contributed by atoms with van der Waals surface area (Å²) in [6, 6.07) is 3.00. The molecule has 1 aliphatic carbocycles. The summed E-state index contributed by atoms with van der Waals surface area (Å²) in [6.45, 7) is 7.18. The van der Waals surface area contributed by atoms with Gasteiger partial charge in [-0.15, -0.1) is 0 Å². The number of nitrogens with one attached hydrogen (secondary N) is 1. The van der Waals surface area contributed by atoms with Crippen LogP contribution in [0.3, 0.4) is 0 Å². The van der Waals surface area contributed by atoms with E-state index in [4.69, 9.17) is 6.92 Å². The predicted octanol–water partition coefficient (Wildman–Crippen LogP) is 2.09. The van der Waals surface area contributed by atoms with Gasteiger partial charge in [-0.25, -0.2) is 4.39 Å². The first-order valence-electron chi connectivity index (χ1n) is 4.94. The predicted molar refractivity (Wildman–Crippen MR) is 55.0 cm³/mol. The molecule has 1 fully saturated rings. The van der Waals surface area contributed by atoms with Gasteiger partial charge < -0.3 is 5.32 Å². The Balaban J connectivity index is 2.23. The molecular formula is C12H12FNO. The number of carbonyl (C=O) groups is 1. The molecule has 1 N–H and O–H groups in total. The van der Waals surface area contributed by atoms with Crippen molar-refractivity contribution in [2.24, 2.45) is 0 Å². The largest absolute Gasteiger partial charge is 0.349 e. The number of rotatable bonds is 2. The molecule has 1 amide bonds. The highest BCUT2D eigenvalue weighted by Gasteiger charge is 2.24. The lowest BCUT2D eigenvalue weighted by Crippen LogP contribution is -2.25. The van der Waals surface area contributed by atoms with E-state index in [2.05, 4.69) is 5.32 Å². The molecule has 2 nitrogen and oxygen atoms in total. The summed E-state index contributed by atoms with van der Waals surface area (Å²) >= 11 is 0. The van der Waals surface area contributed by atoms with Gasteiger partial charge in [-0.3, -0.25) is 4.79 Å². The van der Waals surface area contributed by atoms with Gasteiger partial charge in [0.25, 0.3) is 5.91 Å². The van der Waals surface area contributed by atoms with Crippen LogP contribution in [-0.4, -0.2) is 11.9 Å². The highest BCUT2D eigenvalue weighted by molar-refractivity contribution is 5.94. The van der Waals surface area contributed by atoms with Gasteiger partial charge in [0.15, 0.2) is 0 Å². The number of hydrogen-bond acceptors (Lipinski definition) is 1. The second kappa shape index (κ2) is 3.65. The quantitative estimate of drug-likeness (QED) is 0.787. The lowest BCUT2D eigenvalue weighted by molar-refractivity contribution is 0.0950. The smallest absolute Gasteiger partial charge is 0.251 e. The first kappa shape index (κ1) is 10.1. The van der Waals surface area contributed by atoms with Crippen molar-refractivity contribution in [2.75, 3.05) is 0 Å². The maximum Gasteiger partial charge on any atom is 0.251 e. The molecular weight excluding hydrogens is 193 g/mol. The Morgan fingerprint density at radius 2 is 2.20 bits per heavy atom. The van der Waals surface area contributed by atoms with Gasteiger partial charge in [-0.05, 0) is 49.9 Å². The molecule has 0 atom stereocenters. The molecule has 1 aliphatic rings. The molecule has 1 aromatic rings. The zero-order valence-corrected chi connectivity index (χ0v) is 8.51. The molecule has 1 saturated carbocycles. The Kier molecular flexibility index (Phi) is 2.47. The van der Waals surface area contributed by atoms with Crippen LogP contribution >= 0.6 is 0 Å². The first-order valence-corrected chi connectivity index (χ1v) is 4.94. The molecule has 78 valence electrons. The summed E-state index contributed by atoms with van der Waals surface area (Å²) in [6.07, 6.45) is 2.02. The standard InChI is InChI=1S/C12H12FNO/c1-7-5-9(6-11(13)8(7)2)12(15)14-10-3-4-10/h1,5-6,10H,3-4H2,2H3,(H,14,15). The van der Waals surface area contributed by atoms with Crippen LogP contribution in [0.1, 0.15) is 34.3 Å². The van der Waals surface area contributed by atoms with Gasteiger partial charge in [0.05, 0.1) is 0 Å². The highest BCUT2D eigenvalue weighted by Crippen LogP contribution is 2.20. The second-order valence-corrected chi connectivity index (χ2v) is 3.92. The van der Waals surface area contributed by atoms with Crippen LogP contribution in [0.15, 0.2) is 12.1 Å². The van der Waals surface area contributed by atoms with E-state index in [-0.39, 0.29) is 11.9 Å². The summed E-state index contributed by atoms with van der Waals surface area (Å²) < 4.78 is 13.3. The normalized spacial score (nSPS) is 15.1. The van der Waals surface area contributed by atoms with Crippen molar-refractivity contribution >= 4 is 5.91 Å². The Morgan fingerprint density at radius 3 is 2.73 bits per heavy atom. The van der Waals surface area contributed by atoms with Crippen LogP contribution in [0.5, 0.6) is 0 Å². The maximum absolute atomic E-state index is 13.3. The molecule has 0 aromatic heterocycles. The molecule has 0 aliphatic heterocycles. The Morgan fingerprint density at radius 1 is 1.53 bits per heavy atom. The SMILES string of the molecule is [CH]c1cc(C(=O)NC2CC2)cc(F)c1C. The van der Waals surface area contributed by atoms with E-state index >= 15 is 0 Å². The average molecular weight is 205 g/mol. The van der Waals surface area contributed by atoms with Crippen molar-refractivity contribution in [1.82, 2.24) is 5.32 Å². The summed E-state index contributed by atoms with van der Waals surface area (Å²) in [4.78, 5) is 11.6. The highest BCUT2D eigenvalue weighted by atomic mass is 19.1. The van der Waals surface area contributed by atoms with Crippen LogP contribution in [0, 0.1) is 19.7 Å². The number of hydrogen-bond donors (Lipinski definition) is 1. The number of amides is 1. The van der Waals surface area contributed by atoms with Gasteiger partial charge in [0, 0.05) is 11.6 Å². The average Bonchev–Trinajstić information content (AvgIpc) is 2.97. The van der Waals surface area contributed by atoms with Gasteiger partial charge in [-0.1, -0.05) is 0 Å². The molecule has 0 spiro atoms. The van der Waals surface area contributed by atoms with E-state index in [9.17, 15) is 9.18 Å². The third kappa shape index (κ3) is 2.17. The number of carbonyl (C=O) groups excluding carboxylic acids is 1. The van der Waals surface area contributed by atoms with Crippen molar-refractivity contribution < 1.29 is 9.18 Å². The van der Waals surface area contributed by atoms with E-state index < -0.39 is 5.82 Å². The fraction of sp³-hybridized carbons (Fsp3) is 0.333. The van der Waals surface area contributed by atoms with E-state index in [0.29, 0.717) is 16.7 Å². The van der Waals surface area contributed by atoms with Crippen LogP contribution in [0.25, 0.3) is 0 Å². The minimum absolute atomic E-state index is 0.247. The van der Waals surface area contributed by atoms with E-state index in [1.807, 2.05) is 0 Å². The monoisotopic (exact) mass is 205 g/mol. The summed E-state index contributed by atoms with van der Waals surface area (Å²) in [5.74, 6) is -0.681. The van der Waals surface area contributed by atoms with Crippen molar-refractivity contribution in [1.29, 1.82) is 0 Å². The lowest BCUT2D eigenvalue weighted by atomic mass is 10.1. The molecule has 0 heterocycles. The fourth-order valence-electron chi connectivity index (χ4n) is 1.33. The first-order chi connectivity index (χ1) is 7.08. The zero-order chi connectivity index (χ0) is 11.0. The third-order valence-corrected chi connectivity index (χ3v) is 2.56. The molecule has 2 radical (unpaired) electrons. The lowest BCUT2D eigenvalue weighted by Gasteiger charge is -2.07. The zero-order valence-electron chi connectivity index (χ0n) is 8.51. The Bertz CT molecular complexity index is 387. The maximum atomic E-state index is 13.3. The van der Waals surface area contributed by atoms with Crippen LogP contribution in [-0.2, 0) is 0 Å². The van der Waals surface area contributed by atoms with Crippen molar-refractivity contribution in [2.45, 2.75) is 25.8 Å². The molecule has 15 heavy (non-hydrogen) atoms. The molecule has 0 unspecified atom stereocenters. The summed E-state index contributed by atoms with van der Waals surface area (Å²) in [5.41, 5.74) is 0.997. The second-order valence-electron chi connectivity index (χ2n) is 3.92. The molecule has 2 rings (SSSR count). The summed E-state index contributed by atoms with van der Waals surface area (Å²) in [7, 11) is 0. The third-order valence-electron chi connectivity index (χ3n) is 2.56.